The summed E-state index contributed by atoms with van der Waals surface area (Å²) < 4.78 is 23.7. The molecule has 7 heteroatoms. The lowest BCUT2D eigenvalue weighted by Crippen LogP contribution is -2.44. The summed E-state index contributed by atoms with van der Waals surface area (Å²) in [6, 6.07) is 18.3. The van der Waals surface area contributed by atoms with Crippen molar-refractivity contribution in [2.75, 3.05) is 6.61 Å². The van der Waals surface area contributed by atoms with Crippen LogP contribution >= 0.6 is 0 Å². The van der Waals surface area contributed by atoms with E-state index in [1.165, 1.54) is 0 Å². The largest absolute Gasteiger partial charge is 0.482 e. The van der Waals surface area contributed by atoms with E-state index < -0.39 is 26.4 Å². The van der Waals surface area contributed by atoms with Crippen LogP contribution in [-0.2, 0) is 30.0 Å². The predicted molar refractivity (Wildman–Crippen MR) is 142 cm³/mol. The highest BCUT2D eigenvalue weighted by Gasteiger charge is 2.42. The SMILES string of the molecule is C=C[C@@H](C[C@H]1OC(=O)C(OCc2ccccc2)=C1COC(=O)c1ccccc1)O[Si](C)(C)C(C)(C)C. The Bertz CT molecular complexity index is 1090. The molecule has 0 bridgehead atoms. The van der Waals surface area contributed by atoms with E-state index in [4.69, 9.17) is 18.6 Å². The molecule has 0 spiro atoms. The summed E-state index contributed by atoms with van der Waals surface area (Å²) in [5.74, 6) is -0.974. The number of rotatable bonds is 11. The van der Waals surface area contributed by atoms with E-state index in [0.717, 1.165) is 5.56 Å². The summed E-state index contributed by atoms with van der Waals surface area (Å²) in [4.78, 5) is 25.4. The second-order valence-electron chi connectivity index (χ2n) is 10.4. The maximum Gasteiger partial charge on any atom is 0.374 e. The van der Waals surface area contributed by atoms with Gasteiger partial charge in [-0.3, -0.25) is 0 Å². The fourth-order valence-corrected chi connectivity index (χ4v) is 4.82. The Hall–Kier alpha value is -3.16. The summed E-state index contributed by atoms with van der Waals surface area (Å²) in [6.45, 7) is 14.8. The van der Waals surface area contributed by atoms with Crippen LogP contribution in [0, 0.1) is 0 Å². The molecule has 2 atom stereocenters. The van der Waals surface area contributed by atoms with Crippen LogP contribution in [0.2, 0.25) is 18.1 Å². The first-order valence-electron chi connectivity index (χ1n) is 12.1. The molecule has 0 unspecified atom stereocenters. The second-order valence-corrected chi connectivity index (χ2v) is 15.1. The minimum absolute atomic E-state index is 0.00838. The maximum atomic E-state index is 12.8. The number of cyclic esters (lactones) is 1. The van der Waals surface area contributed by atoms with Gasteiger partial charge in [0, 0.05) is 6.42 Å². The molecular formula is C29H36O6Si. The lowest BCUT2D eigenvalue weighted by molar-refractivity contribution is -0.143. The van der Waals surface area contributed by atoms with Gasteiger partial charge in [-0.2, -0.15) is 0 Å². The molecule has 0 N–H and O–H groups in total. The number of hydrogen-bond donors (Lipinski definition) is 0. The van der Waals surface area contributed by atoms with Crippen molar-refractivity contribution in [2.24, 2.45) is 0 Å². The molecule has 6 nitrogen and oxygen atoms in total. The standard InChI is InChI=1S/C29H36O6Si/c1-7-23(35-36(5,6)29(2,3)4)18-25-24(20-33-27(30)22-16-12-9-13-17-22)26(28(31)34-25)32-19-21-14-10-8-11-15-21/h7-17,23,25H,1,18-20H2,2-6H3/t23-,25+/m0/s1. The highest BCUT2D eigenvalue weighted by molar-refractivity contribution is 6.74. The van der Waals surface area contributed by atoms with E-state index in [9.17, 15) is 9.59 Å². The maximum absolute atomic E-state index is 12.8. The summed E-state index contributed by atoms with van der Waals surface area (Å²) in [6.07, 6.45) is 1.11. The molecular weight excluding hydrogens is 472 g/mol. The van der Waals surface area contributed by atoms with E-state index >= 15 is 0 Å². The minimum atomic E-state index is -2.10. The minimum Gasteiger partial charge on any atom is -0.482 e. The van der Waals surface area contributed by atoms with Crippen molar-refractivity contribution < 1.29 is 28.2 Å². The zero-order chi connectivity index (χ0) is 26.3. The van der Waals surface area contributed by atoms with Gasteiger partial charge in [0.25, 0.3) is 0 Å². The van der Waals surface area contributed by atoms with Crippen LogP contribution in [0.3, 0.4) is 0 Å². The molecule has 0 saturated carbocycles. The zero-order valence-corrected chi connectivity index (χ0v) is 22.8. The van der Waals surface area contributed by atoms with Gasteiger partial charge >= 0.3 is 11.9 Å². The molecule has 3 rings (SSSR count). The summed E-state index contributed by atoms with van der Waals surface area (Å²) >= 11 is 0. The second kappa shape index (κ2) is 11.7. The molecule has 36 heavy (non-hydrogen) atoms. The summed E-state index contributed by atoms with van der Waals surface area (Å²) in [5, 5.41) is 0.00838. The van der Waals surface area contributed by atoms with Gasteiger partial charge in [0.05, 0.1) is 17.2 Å². The highest BCUT2D eigenvalue weighted by Crippen LogP contribution is 2.38. The molecule has 0 saturated heterocycles. The molecule has 0 radical (unpaired) electrons. The monoisotopic (exact) mass is 508 g/mol. The third-order valence-electron chi connectivity index (χ3n) is 6.67. The lowest BCUT2D eigenvalue weighted by atomic mass is 10.0. The number of carbonyl (C=O) groups is 2. The van der Waals surface area contributed by atoms with Crippen LogP contribution in [0.1, 0.15) is 43.1 Å². The van der Waals surface area contributed by atoms with Gasteiger partial charge in [0.2, 0.25) is 5.76 Å². The first-order chi connectivity index (χ1) is 17.0. The van der Waals surface area contributed by atoms with Crippen molar-refractivity contribution in [3.05, 3.63) is 95.8 Å². The Labute approximate surface area is 215 Å². The van der Waals surface area contributed by atoms with E-state index in [0.29, 0.717) is 17.6 Å². The molecule has 1 aliphatic heterocycles. The van der Waals surface area contributed by atoms with Gasteiger partial charge in [0.1, 0.15) is 19.3 Å². The van der Waals surface area contributed by atoms with E-state index in [-0.39, 0.29) is 30.1 Å². The van der Waals surface area contributed by atoms with Crippen molar-refractivity contribution >= 4 is 20.3 Å². The lowest BCUT2D eigenvalue weighted by Gasteiger charge is -2.39. The average molecular weight is 509 g/mol. The van der Waals surface area contributed by atoms with Crippen LogP contribution < -0.4 is 0 Å². The van der Waals surface area contributed by atoms with Gasteiger partial charge in [-0.1, -0.05) is 75.4 Å². The van der Waals surface area contributed by atoms with Crippen LogP contribution in [0.15, 0.2) is 84.7 Å². The summed E-state index contributed by atoms with van der Waals surface area (Å²) in [7, 11) is -2.10. The Morgan fingerprint density at radius 3 is 2.25 bits per heavy atom. The number of benzene rings is 2. The number of hydrogen-bond acceptors (Lipinski definition) is 6. The first kappa shape index (κ1) is 27.4. The van der Waals surface area contributed by atoms with E-state index in [1.807, 2.05) is 36.4 Å². The molecule has 0 aromatic heterocycles. The Balaban J connectivity index is 1.81. The molecule has 1 heterocycles. The van der Waals surface area contributed by atoms with Gasteiger partial charge in [0.15, 0.2) is 8.32 Å². The molecule has 0 amide bonds. The van der Waals surface area contributed by atoms with Crippen molar-refractivity contribution in [3.63, 3.8) is 0 Å². The molecule has 0 fully saturated rings. The zero-order valence-electron chi connectivity index (χ0n) is 21.8. The highest BCUT2D eigenvalue weighted by atomic mass is 28.4. The topological polar surface area (TPSA) is 71.1 Å². The Kier molecular flexibility index (Phi) is 8.92. The molecule has 0 aliphatic carbocycles. The number of ether oxygens (including phenoxy) is 3. The van der Waals surface area contributed by atoms with Crippen LogP contribution in [0.5, 0.6) is 0 Å². The molecule has 192 valence electrons. The number of carbonyl (C=O) groups excluding carboxylic acids is 2. The van der Waals surface area contributed by atoms with Crippen molar-refractivity contribution in [3.8, 4) is 0 Å². The normalized spacial score (nSPS) is 16.9. The third-order valence-corrected chi connectivity index (χ3v) is 11.2. The Morgan fingerprint density at radius 2 is 1.67 bits per heavy atom. The quantitative estimate of drug-likeness (QED) is 0.204. The first-order valence-corrected chi connectivity index (χ1v) is 15.1. The molecule has 1 aliphatic rings. The van der Waals surface area contributed by atoms with Crippen LogP contribution in [0.25, 0.3) is 0 Å². The number of esters is 2. The third kappa shape index (κ3) is 6.95. The van der Waals surface area contributed by atoms with E-state index in [2.05, 4.69) is 40.4 Å². The fraction of sp³-hybridized carbons (Fsp3) is 0.379. The van der Waals surface area contributed by atoms with Crippen LogP contribution in [-0.4, -0.2) is 39.1 Å². The van der Waals surface area contributed by atoms with Gasteiger partial charge in [-0.05, 0) is 35.8 Å². The van der Waals surface area contributed by atoms with E-state index in [1.54, 1.807) is 30.3 Å². The van der Waals surface area contributed by atoms with Crippen molar-refractivity contribution in [1.29, 1.82) is 0 Å². The van der Waals surface area contributed by atoms with Gasteiger partial charge < -0.3 is 18.6 Å². The Morgan fingerprint density at radius 1 is 1.06 bits per heavy atom. The average Bonchev–Trinajstić information content (AvgIpc) is 3.14. The van der Waals surface area contributed by atoms with Gasteiger partial charge in [-0.15, -0.1) is 6.58 Å². The van der Waals surface area contributed by atoms with Crippen molar-refractivity contribution in [2.45, 2.75) is 64.1 Å². The fourth-order valence-electron chi connectivity index (χ4n) is 3.52. The summed E-state index contributed by atoms with van der Waals surface area (Å²) in [5.41, 5.74) is 1.83. The smallest absolute Gasteiger partial charge is 0.374 e. The van der Waals surface area contributed by atoms with Crippen molar-refractivity contribution in [1.82, 2.24) is 0 Å². The van der Waals surface area contributed by atoms with Crippen LogP contribution in [0.4, 0.5) is 0 Å². The molecule has 2 aromatic carbocycles. The predicted octanol–water partition coefficient (Wildman–Crippen LogP) is 6.21. The van der Waals surface area contributed by atoms with Gasteiger partial charge in [-0.25, -0.2) is 9.59 Å². The molecule has 2 aromatic rings.